The average molecular weight is 493 g/mol. The first-order chi connectivity index (χ1) is 16.4. The lowest BCUT2D eigenvalue weighted by molar-refractivity contribution is 0.237. The molecule has 6 N–H and O–H groups in total. The number of hydrogen-bond donors (Lipinski definition) is 5. The number of carbonyl (C=O) groups excluding carboxylic acids is 1. The maximum Gasteiger partial charge on any atom is 0.324 e. The zero-order valence-electron chi connectivity index (χ0n) is 19.4. The number of hydrazine groups is 1. The van der Waals surface area contributed by atoms with Crippen molar-refractivity contribution in [1.29, 1.82) is 0 Å². The van der Waals surface area contributed by atoms with E-state index in [9.17, 15) is 13.2 Å². The van der Waals surface area contributed by atoms with Crippen molar-refractivity contribution in [3.63, 3.8) is 0 Å². The number of H-pyrrole nitrogens is 1. The Balaban J connectivity index is 1.80. The summed E-state index contributed by atoms with van der Waals surface area (Å²) in [5.74, 6) is 7.01. The van der Waals surface area contributed by atoms with E-state index in [2.05, 4.69) is 26.0 Å². The van der Waals surface area contributed by atoms with E-state index in [1.165, 1.54) is 9.21 Å². The number of anilines is 1. The molecule has 0 aliphatic carbocycles. The zero-order valence-corrected chi connectivity index (χ0v) is 20.2. The Hall–Kier alpha value is -2.71. The topological polar surface area (TPSA) is 158 Å². The molecule has 4 rings (SSSR count). The number of amides is 2. The van der Waals surface area contributed by atoms with E-state index in [-0.39, 0.29) is 10.9 Å². The lowest BCUT2D eigenvalue weighted by Crippen LogP contribution is -2.52. The van der Waals surface area contributed by atoms with Gasteiger partial charge in [0.05, 0.1) is 22.8 Å². The number of imidazole rings is 1. The molecule has 2 aliphatic heterocycles. The predicted octanol–water partition coefficient (Wildman–Crippen LogP) is 0.861. The smallest absolute Gasteiger partial charge is 0.324 e. The molecule has 1 saturated heterocycles. The molecule has 1 aromatic heterocycles. The maximum absolute atomic E-state index is 13.3. The van der Waals surface area contributed by atoms with E-state index in [1.807, 2.05) is 13.8 Å². The minimum atomic E-state index is -3.69. The highest BCUT2D eigenvalue weighted by atomic mass is 32.2. The third-order valence-electron chi connectivity index (χ3n) is 5.76. The standard InChI is InChI=1S/C21H32N8O4S/c1-3-9-29-20-17(19(27-22)26-21(29)30)24-18(25-20)15-13-14(5-6-16(15)33-12-4-2)34(31,32)28-10-7-23-8-11-28/h5-6,13,19,23,27H,3-4,7-12,22H2,1-2H3,(H,24,25)(H,26,30). The highest BCUT2D eigenvalue weighted by Gasteiger charge is 2.34. The number of sulfonamides is 1. The van der Waals surface area contributed by atoms with E-state index in [4.69, 9.17) is 10.6 Å². The molecule has 1 atom stereocenters. The second-order valence-corrected chi connectivity index (χ2v) is 10.1. The number of nitrogens with zero attached hydrogens (tertiary/aromatic N) is 3. The van der Waals surface area contributed by atoms with Gasteiger partial charge in [-0.3, -0.25) is 10.7 Å². The third kappa shape index (κ3) is 4.61. The van der Waals surface area contributed by atoms with E-state index in [0.29, 0.717) is 68.0 Å². The van der Waals surface area contributed by atoms with Gasteiger partial charge in [-0.15, -0.1) is 0 Å². The Bertz CT molecular complexity index is 1130. The minimum Gasteiger partial charge on any atom is -0.493 e. The summed E-state index contributed by atoms with van der Waals surface area (Å²) in [6.07, 6.45) is 0.861. The summed E-state index contributed by atoms with van der Waals surface area (Å²) in [6.45, 7) is 6.92. The van der Waals surface area contributed by atoms with Crippen LogP contribution in [0, 0.1) is 0 Å². The molecule has 0 spiro atoms. The van der Waals surface area contributed by atoms with Crippen molar-refractivity contribution in [2.75, 3.05) is 44.2 Å². The maximum atomic E-state index is 13.3. The molecule has 0 radical (unpaired) electrons. The van der Waals surface area contributed by atoms with E-state index >= 15 is 0 Å². The normalized spacial score (nSPS) is 19.1. The van der Waals surface area contributed by atoms with Crippen LogP contribution in [0.2, 0.25) is 0 Å². The quantitative estimate of drug-likeness (QED) is 0.255. The van der Waals surface area contributed by atoms with Gasteiger partial charge in [-0.05, 0) is 31.0 Å². The zero-order chi connectivity index (χ0) is 24.3. The van der Waals surface area contributed by atoms with Crippen molar-refractivity contribution in [1.82, 2.24) is 30.3 Å². The van der Waals surface area contributed by atoms with Gasteiger partial charge in [0.2, 0.25) is 10.0 Å². The third-order valence-corrected chi connectivity index (χ3v) is 7.66. The Morgan fingerprint density at radius 1 is 1.24 bits per heavy atom. The fraction of sp³-hybridized carbons (Fsp3) is 0.524. The minimum absolute atomic E-state index is 0.163. The van der Waals surface area contributed by atoms with Crippen LogP contribution in [0.4, 0.5) is 10.6 Å². The van der Waals surface area contributed by atoms with Gasteiger partial charge in [0, 0.05) is 32.7 Å². The number of ether oxygens (including phenoxy) is 1. The SMILES string of the molecule is CCCOc1ccc(S(=O)(=O)N2CCNCC2)cc1-c1nc2c([nH]1)C(NN)NC(=O)N2CCC. The van der Waals surface area contributed by atoms with Crippen LogP contribution < -0.4 is 31.5 Å². The number of nitrogens with two attached hydrogens (primary N) is 1. The summed E-state index contributed by atoms with van der Waals surface area (Å²) in [6, 6.07) is 4.49. The summed E-state index contributed by atoms with van der Waals surface area (Å²) in [5.41, 5.74) is 3.66. The fourth-order valence-electron chi connectivity index (χ4n) is 4.06. The number of piperazine rings is 1. The van der Waals surface area contributed by atoms with Crippen LogP contribution in [0.25, 0.3) is 11.4 Å². The van der Waals surface area contributed by atoms with Crippen molar-refractivity contribution >= 4 is 21.9 Å². The number of rotatable bonds is 9. The monoisotopic (exact) mass is 492 g/mol. The molecule has 0 saturated carbocycles. The first-order valence-electron chi connectivity index (χ1n) is 11.5. The van der Waals surface area contributed by atoms with Gasteiger partial charge in [-0.1, -0.05) is 13.8 Å². The summed E-state index contributed by atoms with van der Waals surface area (Å²) < 4.78 is 34.0. The lowest BCUT2D eigenvalue weighted by Gasteiger charge is -2.30. The highest BCUT2D eigenvalue weighted by Crippen LogP contribution is 2.36. The van der Waals surface area contributed by atoms with Gasteiger partial charge in [-0.2, -0.15) is 4.31 Å². The molecule has 2 aromatic rings. The fourth-order valence-corrected chi connectivity index (χ4v) is 5.53. The molecule has 1 unspecified atom stereocenters. The molecular formula is C21H32N8O4S. The van der Waals surface area contributed by atoms with Crippen molar-refractivity contribution in [2.24, 2.45) is 5.84 Å². The second kappa shape index (κ2) is 10.3. The molecule has 13 heteroatoms. The molecule has 1 aromatic carbocycles. The van der Waals surface area contributed by atoms with E-state index in [1.54, 1.807) is 18.2 Å². The molecule has 12 nitrogen and oxygen atoms in total. The molecule has 34 heavy (non-hydrogen) atoms. The summed E-state index contributed by atoms with van der Waals surface area (Å²) in [5, 5.41) is 5.96. The van der Waals surface area contributed by atoms with Gasteiger partial charge in [0.15, 0.2) is 5.82 Å². The Morgan fingerprint density at radius 2 is 2.00 bits per heavy atom. The number of carbonyl (C=O) groups is 1. The first kappa shape index (κ1) is 24.4. The number of aromatic nitrogens is 2. The molecule has 0 bridgehead atoms. The summed E-state index contributed by atoms with van der Waals surface area (Å²) in [4.78, 5) is 22.2. The first-order valence-corrected chi connectivity index (χ1v) is 13.0. The highest BCUT2D eigenvalue weighted by molar-refractivity contribution is 7.89. The van der Waals surface area contributed by atoms with E-state index < -0.39 is 16.2 Å². The lowest BCUT2D eigenvalue weighted by atomic mass is 10.2. The average Bonchev–Trinajstić information content (AvgIpc) is 3.30. The van der Waals surface area contributed by atoms with Crippen molar-refractivity contribution < 1.29 is 17.9 Å². The van der Waals surface area contributed by atoms with Gasteiger partial charge in [0.1, 0.15) is 17.7 Å². The number of hydrogen-bond acceptors (Lipinski definition) is 8. The second-order valence-electron chi connectivity index (χ2n) is 8.18. The largest absolute Gasteiger partial charge is 0.493 e. The number of urea groups is 1. The van der Waals surface area contributed by atoms with Crippen LogP contribution in [-0.2, 0) is 10.0 Å². The number of benzene rings is 1. The molecule has 3 heterocycles. The summed E-state index contributed by atoms with van der Waals surface area (Å²) >= 11 is 0. The van der Waals surface area contributed by atoms with Crippen LogP contribution in [0.15, 0.2) is 23.1 Å². The van der Waals surface area contributed by atoms with Gasteiger partial charge >= 0.3 is 6.03 Å². The van der Waals surface area contributed by atoms with Crippen molar-refractivity contribution in [3.8, 4) is 17.1 Å². The van der Waals surface area contributed by atoms with Crippen LogP contribution in [0.3, 0.4) is 0 Å². The molecular weight excluding hydrogens is 460 g/mol. The number of nitrogens with one attached hydrogen (secondary N) is 4. The molecule has 186 valence electrons. The van der Waals surface area contributed by atoms with Crippen LogP contribution in [0.1, 0.15) is 38.5 Å². The number of aromatic amines is 1. The van der Waals surface area contributed by atoms with Crippen molar-refractivity contribution in [3.05, 3.63) is 23.9 Å². The van der Waals surface area contributed by atoms with Gasteiger partial charge in [-0.25, -0.2) is 23.6 Å². The van der Waals surface area contributed by atoms with E-state index in [0.717, 1.165) is 12.8 Å². The number of fused-ring (bicyclic) bond motifs is 1. The Morgan fingerprint density at radius 3 is 2.68 bits per heavy atom. The Labute approximate surface area is 199 Å². The van der Waals surface area contributed by atoms with Crippen LogP contribution >= 0.6 is 0 Å². The Kier molecular flexibility index (Phi) is 7.38. The van der Waals surface area contributed by atoms with Crippen LogP contribution in [-0.4, -0.2) is 68.1 Å². The molecule has 2 aliphatic rings. The van der Waals surface area contributed by atoms with Gasteiger partial charge in [0.25, 0.3) is 0 Å². The van der Waals surface area contributed by atoms with Crippen LogP contribution in [0.5, 0.6) is 5.75 Å². The van der Waals surface area contributed by atoms with Gasteiger partial charge < -0.3 is 20.4 Å². The molecule has 2 amide bonds. The predicted molar refractivity (Wildman–Crippen MR) is 128 cm³/mol. The summed E-state index contributed by atoms with van der Waals surface area (Å²) in [7, 11) is -3.69. The van der Waals surface area contributed by atoms with Crippen molar-refractivity contribution in [2.45, 2.75) is 37.8 Å². The molecule has 1 fully saturated rings.